The number of aliphatic carboxylic acids is 1. The van der Waals surface area contributed by atoms with Gasteiger partial charge in [0.25, 0.3) is 0 Å². The number of allylic oxidation sites excluding steroid dienone is 1. The number of rotatable bonds is 6. The van der Waals surface area contributed by atoms with Gasteiger partial charge in [0, 0.05) is 5.92 Å². The molecule has 22 heavy (non-hydrogen) atoms. The summed E-state index contributed by atoms with van der Waals surface area (Å²) >= 11 is 0. The molecule has 4 heteroatoms. The van der Waals surface area contributed by atoms with Gasteiger partial charge in [-0.15, -0.1) is 6.58 Å². The lowest BCUT2D eigenvalue weighted by Crippen LogP contribution is -2.46. The van der Waals surface area contributed by atoms with Gasteiger partial charge in [-0.2, -0.15) is 0 Å². The van der Waals surface area contributed by atoms with E-state index in [-0.39, 0.29) is 18.1 Å². The number of carboxylic acids is 1. The SMILES string of the molecule is C=CCC1(CC(=O)O)C(=O)C(CC)Cc2ccc(OC)cc21. The van der Waals surface area contributed by atoms with E-state index in [1.807, 2.05) is 25.1 Å². The largest absolute Gasteiger partial charge is 0.497 e. The zero-order valence-electron chi connectivity index (χ0n) is 13.1. The Morgan fingerprint density at radius 3 is 2.82 bits per heavy atom. The Morgan fingerprint density at radius 2 is 2.27 bits per heavy atom. The van der Waals surface area contributed by atoms with Crippen LogP contribution in [-0.2, 0) is 21.4 Å². The van der Waals surface area contributed by atoms with E-state index in [1.54, 1.807) is 13.2 Å². The average molecular weight is 302 g/mol. The summed E-state index contributed by atoms with van der Waals surface area (Å²) in [7, 11) is 1.56. The molecule has 0 bridgehead atoms. The lowest BCUT2D eigenvalue weighted by molar-refractivity contribution is -0.143. The molecule has 1 N–H and O–H groups in total. The van der Waals surface area contributed by atoms with Crippen molar-refractivity contribution in [3.05, 3.63) is 42.0 Å². The van der Waals surface area contributed by atoms with Crippen molar-refractivity contribution in [2.24, 2.45) is 5.92 Å². The minimum absolute atomic E-state index is 0.0121. The fourth-order valence-corrected chi connectivity index (χ4v) is 3.49. The standard InChI is InChI=1S/C18H22O4/c1-4-8-18(11-16(19)20)15-10-14(22-3)7-6-13(15)9-12(5-2)17(18)21/h4,6-7,10,12H,1,5,8-9,11H2,2-3H3,(H,19,20). The molecule has 0 saturated heterocycles. The number of fused-ring (bicyclic) bond motifs is 1. The van der Waals surface area contributed by atoms with Gasteiger partial charge in [-0.1, -0.05) is 19.1 Å². The first-order chi connectivity index (χ1) is 10.5. The van der Waals surface area contributed by atoms with E-state index >= 15 is 0 Å². The third-order valence-electron chi connectivity index (χ3n) is 4.58. The maximum atomic E-state index is 13.0. The van der Waals surface area contributed by atoms with E-state index in [1.165, 1.54) is 0 Å². The smallest absolute Gasteiger partial charge is 0.304 e. The van der Waals surface area contributed by atoms with Crippen LogP contribution in [-0.4, -0.2) is 24.0 Å². The van der Waals surface area contributed by atoms with Crippen molar-refractivity contribution < 1.29 is 19.4 Å². The molecule has 0 heterocycles. The molecular formula is C18H22O4. The third-order valence-corrected chi connectivity index (χ3v) is 4.58. The van der Waals surface area contributed by atoms with E-state index in [0.29, 0.717) is 25.0 Å². The Labute approximate surface area is 130 Å². The summed E-state index contributed by atoms with van der Waals surface area (Å²) in [5.41, 5.74) is 0.787. The van der Waals surface area contributed by atoms with Crippen LogP contribution in [0.2, 0.25) is 0 Å². The minimum Gasteiger partial charge on any atom is -0.497 e. The van der Waals surface area contributed by atoms with Gasteiger partial charge >= 0.3 is 5.97 Å². The predicted octanol–water partition coefficient (Wildman–Crippen LogP) is 3.14. The molecule has 0 aliphatic heterocycles. The van der Waals surface area contributed by atoms with Crippen molar-refractivity contribution in [1.29, 1.82) is 0 Å². The first-order valence-electron chi connectivity index (χ1n) is 7.53. The highest BCUT2D eigenvalue weighted by molar-refractivity contribution is 5.97. The zero-order chi connectivity index (χ0) is 16.3. The molecular weight excluding hydrogens is 280 g/mol. The number of carbonyl (C=O) groups excluding carboxylic acids is 1. The maximum absolute atomic E-state index is 13.0. The second kappa shape index (κ2) is 6.34. The van der Waals surface area contributed by atoms with Crippen LogP contribution in [0, 0.1) is 5.92 Å². The number of carbonyl (C=O) groups is 2. The average Bonchev–Trinajstić information content (AvgIpc) is 2.50. The highest BCUT2D eigenvalue weighted by atomic mass is 16.5. The molecule has 0 amide bonds. The molecule has 4 nitrogen and oxygen atoms in total. The van der Waals surface area contributed by atoms with Gasteiger partial charge in [0.15, 0.2) is 0 Å². The second-order valence-corrected chi connectivity index (χ2v) is 5.84. The summed E-state index contributed by atoms with van der Waals surface area (Å²) in [6, 6.07) is 5.62. The Morgan fingerprint density at radius 1 is 1.55 bits per heavy atom. The summed E-state index contributed by atoms with van der Waals surface area (Å²) in [6.07, 6.45) is 3.13. The first kappa shape index (κ1) is 16.3. The normalized spacial score (nSPS) is 23.7. The fourth-order valence-electron chi connectivity index (χ4n) is 3.49. The fraction of sp³-hybridized carbons (Fsp3) is 0.444. The van der Waals surface area contributed by atoms with Gasteiger partial charge in [-0.05, 0) is 42.5 Å². The molecule has 0 aromatic heterocycles. The minimum atomic E-state index is -1.03. The van der Waals surface area contributed by atoms with Crippen molar-refractivity contribution in [2.75, 3.05) is 7.11 Å². The van der Waals surface area contributed by atoms with Crippen molar-refractivity contribution in [2.45, 2.75) is 38.0 Å². The molecule has 0 radical (unpaired) electrons. The number of hydrogen-bond donors (Lipinski definition) is 1. The zero-order valence-corrected chi connectivity index (χ0v) is 13.1. The summed E-state index contributed by atoms with van der Waals surface area (Å²) in [6.45, 7) is 5.70. The molecule has 2 unspecified atom stereocenters. The first-order valence-corrected chi connectivity index (χ1v) is 7.53. The van der Waals surface area contributed by atoms with Crippen LogP contribution in [0.5, 0.6) is 5.75 Å². The molecule has 0 spiro atoms. The highest BCUT2D eigenvalue weighted by Gasteiger charge is 2.48. The summed E-state index contributed by atoms with van der Waals surface area (Å²) in [4.78, 5) is 24.4. The van der Waals surface area contributed by atoms with E-state index < -0.39 is 11.4 Å². The predicted molar refractivity (Wildman–Crippen MR) is 84.2 cm³/mol. The van der Waals surface area contributed by atoms with Gasteiger partial charge in [0.1, 0.15) is 11.5 Å². The van der Waals surface area contributed by atoms with E-state index in [2.05, 4.69) is 6.58 Å². The van der Waals surface area contributed by atoms with Crippen LogP contribution in [0.15, 0.2) is 30.9 Å². The maximum Gasteiger partial charge on any atom is 0.304 e. The van der Waals surface area contributed by atoms with Gasteiger partial charge < -0.3 is 9.84 Å². The third kappa shape index (κ3) is 2.65. The van der Waals surface area contributed by atoms with Crippen LogP contribution in [0.3, 0.4) is 0 Å². The van der Waals surface area contributed by atoms with Crippen LogP contribution < -0.4 is 4.74 Å². The van der Waals surface area contributed by atoms with Gasteiger partial charge in [0.05, 0.1) is 18.9 Å². The summed E-state index contributed by atoms with van der Waals surface area (Å²) < 4.78 is 5.26. The Bertz CT molecular complexity index is 605. The van der Waals surface area contributed by atoms with Gasteiger partial charge in [-0.3, -0.25) is 9.59 Å². The molecule has 0 saturated carbocycles. The number of Topliss-reactive ketones (excluding diaryl/α,β-unsaturated/α-hetero) is 1. The van der Waals surface area contributed by atoms with Crippen molar-refractivity contribution in [1.82, 2.24) is 0 Å². The molecule has 1 aliphatic carbocycles. The van der Waals surface area contributed by atoms with Crippen molar-refractivity contribution in [3.63, 3.8) is 0 Å². The van der Waals surface area contributed by atoms with Crippen molar-refractivity contribution in [3.8, 4) is 5.75 Å². The van der Waals surface area contributed by atoms with E-state index in [4.69, 9.17) is 4.74 Å². The van der Waals surface area contributed by atoms with Gasteiger partial charge in [0.2, 0.25) is 0 Å². The second-order valence-electron chi connectivity index (χ2n) is 5.84. The molecule has 0 fully saturated rings. The topological polar surface area (TPSA) is 63.6 Å². The number of carboxylic acid groups (broad SMARTS) is 1. The molecule has 118 valence electrons. The lowest BCUT2D eigenvalue weighted by atomic mass is 9.61. The van der Waals surface area contributed by atoms with E-state index in [9.17, 15) is 14.7 Å². The molecule has 1 aromatic rings. The number of benzene rings is 1. The Balaban J connectivity index is 2.68. The van der Waals surface area contributed by atoms with Crippen LogP contribution >= 0.6 is 0 Å². The van der Waals surface area contributed by atoms with E-state index in [0.717, 1.165) is 11.1 Å². The number of ether oxygens (including phenoxy) is 1. The summed E-state index contributed by atoms with van der Waals surface area (Å²) in [5, 5.41) is 9.37. The Hall–Kier alpha value is -2.10. The van der Waals surface area contributed by atoms with Crippen LogP contribution in [0.4, 0.5) is 0 Å². The van der Waals surface area contributed by atoms with Crippen molar-refractivity contribution >= 4 is 11.8 Å². The van der Waals surface area contributed by atoms with Crippen LogP contribution in [0.1, 0.15) is 37.3 Å². The monoisotopic (exact) mass is 302 g/mol. The number of hydrogen-bond acceptors (Lipinski definition) is 3. The molecule has 2 rings (SSSR count). The van der Waals surface area contributed by atoms with Gasteiger partial charge in [-0.25, -0.2) is 0 Å². The summed E-state index contributed by atoms with van der Waals surface area (Å²) in [5.74, 6) is -0.459. The number of ketones is 1. The highest BCUT2D eigenvalue weighted by Crippen LogP contribution is 2.44. The van der Waals surface area contributed by atoms with Crippen LogP contribution in [0.25, 0.3) is 0 Å². The lowest BCUT2D eigenvalue weighted by Gasteiger charge is -2.40. The molecule has 1 aromatic carbocycles. The quantitative estimate of drug-likeness (QED) is 0.820. The number of methoxy groups -OCH3 is 1. The molecule has 2 atom stereocenters. The Kier molecular flexibility index (Phi) is 4.69. The molecule has 1 aliphatic rings.